The molecule has 1 heterocycles. The van der Waals surface area contributed by atoms with Crippen molar-refractivity contribution >= 4 is 5.91 Å². The standard InChI is InChI=1S/C9H17NO3/c1-7(6-11)5-10-9(12)8-3-2-4-13-8/h7-8,11H,2-6H2,1H3,(H,10,12). The molecule has 1 fully saturated rings. The van der Waals surface area contributed by atoms with Crippen LogP contribution in [0.5, 0.6) is 0 Å². The average molecular weight is 187 g/mol. The maximum atomic E-state index is 11.3. The maximum absolute atomic E-state index is 11.3. The van der Waals surface area contributed by atoms with Gasteiger partial charge in [0.15, 0.2) is 0 Å². The van der Waals surface area contributed by atoms with Gasteiger partial charge in [-0.3, -0.25) is 4.79 Å². The Morgan fingerprint density at radius 2 is 2.54 bits per heavy atom. The van der Waals surface area contributed by atoms with Gasteiger partial charge in [0, 0.05) is 19.8 Å². The molecule has 0 aromatic rings. The van der Waals surface area contributed by atoms with E-state index in [-0.39, 0.29) is 24.5 Å². The van der Waals surface area contributed by atoms with Crippen molar-refractivity contribution in [2.24, 2.45) is 5.92 Å². The minimum Gasteiger partial charge on any atom is -0.396 e. The number of ether oxygens (including phenoxy) is 1. The zero-order valence-electron chi connectivity index (χ0n) is 7.95. The van der Waals surface area contributed by atoms with Crippen LogP contribution in [0.1, 0.15) is 19.8 Å². The third-order valence-electron chi connectivity index (χ3n) is 2.16. The van der Waals surface area contributed by atoms with E-state index >= 15 is 0 Å². The van der Waals surface area contributed by atoms with Crippen molar-refractivity contribution in [2.45, 2.75) is 25.9 Å². The predicted octanol–water partition coefficient (Wildman–Crippen LogP) is -0.0900. The number of rotatable bonds is 4. The molecule has 0 bridgehead atoms. The Balaban J connectivity index is 2.16. The number of nitrogens with one attached hydrogen (secondary N) is 1. The van der Waals surface area contributed by atoms with Crippen LogP contribution in [0.25, 0.3) is 0 Å². The van der Waals surface area contributed by atoms with Crippen LogP contribution in [0.4, 0.5) is 0 Å². The third kappa shape index (κ3) is 3.32. The van der Waals surface area contributed by atoms with E-state index in [0.717, 1.165) is 12.8 Å². The highest BCUT2D eigenvalue weighted by Gasteiger charge is 2.23. The van der Waals surface area contributed by atoms with Crippen LogP contribution < -0.4 is 5.32 Å². The predicted molar refractivity (Wildman–Crippen MR) is 48.2 cm³/mol. The van der Waals surface area contributed by atoms with Crippen molar-refractivity contribution in [3.8, 4) is 0 Å². The first-order valence-electron chi connectivity index (χ1n) is 4.74. The summed E-state index contributed by atoms with van der Waals surface area (Å²) in [5.41, 5.74) is 0. The molecule has 4 nitrogen and oxygen atoms in total. The third-order valence-corrected chi connectivity index (χ3v) is 2.16. The first-order valence-corrected chi connectivity index (χ1v) is 4.74. The molecule has 0 radical (unpaired) electrons. The van der Waals surface area contributed by atoms with Crippen molar-refractivity contribution in [1.29, 1.82) is 0 Å². The molecule has 2 atom stereocenters. The molecule has 2 unspecified atom stereocenters. The van der Waals surface area contributed by atoms with E-state index in [9.17, 15) is 4.79 Å². The van der Waals surface area contributed by atoms with Crippen molar-refractivity contribution < 1.29 is 14.6 Å². The minimum absolute atomic E-state index is 0.0437. The monoisotopic (exact) mass is 187 g/mol. The molecule has 1 rings (SSSR count). The molecule has 76 valence electrons. The second-order valence-corrected chi connectivity index (χ2v) is 3.53. The largest absolute Gasteiger partial charge is 0.396 e. The average Bonchev–Trinajstić information content (AvgIpc) is 2.66. The number of carbonyl (C=O) groups is 1. The van der Waals surface area contributed by atoms with E-state index in [2.05, 4.69) is 5.32 Å². The molecule has 1 saturated heterocycles. The first kappa shape index (κ1) is 10.5. The zero-order valence-corrected chi connectivity index (χ0v) is 7.95. The quantitative estimate of drug-likeness (QED) is 0.646. The van der Waals surface area contributed by atoms with Crippen molar-refractivity contribution in [3.63, 3.8) is 0 Å². The Bertz CT molecular complexity index is 166. The lowest BCUT2D eigenvalue weighted by atomic mass is 10.2. The Kier molecular flexibility index (Phi) is 4.18. The number of amides is 1. The van der Waals surface area contributed by atoms with E-state index in [1.165, 1.54) is 0 Å². The molecule has 0 aromatic carbocycles. The highest BCUT2D eigenvalue weighted by Crippen LogP contribution is 2.11. The number of aliphatic hydroxyl groups is 1. The second kappa shape index (κ2) is 5.19. The van der Waals surface area contributed by atoms with Gasteiger partial charge in [-0.1, -0.05) is 6.92 Å². The number of aliphatic hydroxyl groups excluding tert-OH is 1. The highest BCUT2D eigenvalue weighted by molar-refractivity contribution is 5.80. The lowest BCUT2D eigenvalue weighted by Gasteiger charge is -2.12. The fraction of sp³-hybridized carbons (Fsp3) is 0.889. The van der Waals surface area contributed by atoms with Gasteiger partial charge in [-0.25, -0.2) is 0 Å². The molecule has 1 aliphatic heterocycles. The van der Waals surface area contributed by atoms with E-state index in [0.29, 0.717) is 13.2 Å². The van der Waals surface area contributed by atoms with Crippen LogP contribution >= 0.6 is 0 Å². The summed E-state index contributed by atoms with van der Waals surface area (Å²) < 4.78 is 5.21. The smallest absolute Gasteiger partial charge is 0.249 e. The molecule has 1 aliphatic rings. The van der Waals surface area contributed by atoms with Gasteiger partial charge < -0.3 is 15.2 Å². The molecule has 13 heavy (non-hydrogen) atoms. The second-order valence-electron chi connectivity index (χ2n) is 3.53. The molecule has 1 amide bonds. The van der Waals surface area contributed by atoms with E-state index < -0.39 is 0 Å². The van der Waals surface area contributed by atoms with Crippen molar-refractivity contribution in [1.82, 2.24) is 5.32 Å². The normalized spacial score (nSPS) is 24.3. The molecular formula is C9H17NO3. The van der Waals surface area contributed by atoms with E-state index in [1.807, 2.05) is 6.92 Å². The fourth-order valence-corrected chi connectivity index (χ4v) is 1.24. The number of hydrogen-bond donors (Lipinski definition) is 2. The van der Waals surface area contributed by atoms with Gasteiger partial charge in [0.1, 0.15) is 6.10 Å². The van der Waals surface area contributed by atoms with Gasteiger partial charge >= 0.3 is 0 Å². The summed E-state index contributed by atoms with van der Waals surface area (Å²) in [4.78, 5) is 11.3. The van der Waals surface area contributed by atoms with Crippen LogP contribution in [0.15, 0.2) is 0 Å². The first-order chi connectivity index (χ1) is 6.24. The minimum atomic E-state index is -0.258. The maximum Gasteiger partial charge on any atom is 0.249 e. The van der Waals surface area contributed by atoms with Gasteiger partial charge in [0.25, 0.3) is 0 Å². The van der Waals surface area contributed by atoms with Crippen LogP contribution in [0.3, 0.4) is 0 Å². The van der Waals surface area contributed by atoms with Crippen LogP contribution in [-0.2, 0) is 9.53 Å². The van der Waals surface area contributed by atoms with Gasteiger partial charge in [0.2, 0.25) is 5.91 Å². The molecule has 0 aliphatic carbocycles. The van der Waals surface area contributed by atoms with Crippen molar-refractivity contribution in [3.05, 3.63) is 0 Å². The summed E-state index contributed by atoms with van der Waals surface area (Å²) in [6.07, 6.45) is 1.53. The van der Waals surface area contributed by atoms with E-state index in [4.69, 9.17) is 9.84 Å². The SMILES string of the molecule is CC(CO)CNC(=O)C1CCCO1. The molecule has 0 aromatic heterocycles. The van der Waals surface area contributed by atoms with Gasteiger partial charge in [-0.05, 0) is 18.8 Å². The summed E-state index contributed by atoms with van der Waals surface area (Å²) in [6, 6.07) is 0. The number of hydrogen-bond acceptors (Lipinski definition) is 3. The van der Waals surface area contributed by atoms with Crippen LogP contribution in [0, 0.1) is 5.92 Å². The van der Waals surface area contributed by atoms with E-state index in [1.54, 1.807) is 0 Å². The van der Waals surface area contributed by atoms with Crippen LogP contribution in [0.2, 0.25) is 0 Å². The lowest BCUT2D eigenvalue weighted by molar-refractivity contribution is -0.130. The highest BCUT2D eigenvalue weighted by atomic mass is 16.5. The van der Waals surface area contributed by atoms with Crippen LogP contribution in [-0.4, -0.2) is 36.9 Å². The molecular weight excluding hydrogens is 170 g/mol. The van der Waals surface area contributed by atoms with Gasteiger partial charge in [-0.15, -0.1) is 0 Å². The molecule has 4 heteroatoms. The summed E-state index contributed by atoms with van der Waals surface area (Å²) in [6.45, 7) is 3.20. The van der Waals surface area contributed by atoms with Gasteiger partial charge in [0.05, 0.1) is 0 Å². The molecule has 2 N–H and O–H groups in total. The molecule has 0 saturated carbocycles. The Hall–Kier alpha value is -0.610. The Morgan fingerprint density at radius 1 is 1.77 bits per heavy atom. The van der Waals surface area contributed by atoms with Gasteiger partial charge in [-0.2, -0.15) is 0 Å². The Labute approximate surface area is 78.3 Å². The summed E-state index contributed by atoms with van der Waals surface area (Å²) in [5.74, 6) is 0.0724. The summed E-state index contributed by atoms with van der Waals surface area (Å²) in [7, 11) is 0. The zero-order chi connectivity index (χ0) is 9.68. The number of carbonyl (C=O) groups excluding carboxylic acids is 1. The summed E-state index contributed by atoms with van der Waals surface area (Å²) >= 11 is 0. The fourth-order valence-electron chi connectivity index (χ4n) is 1.24. The molecule has 0 spiro atoms. The van der Waals surface area contributed by atoms with Crippen molar-refractivity contribution in [2.75, 3.05) is 19.8 Å². The topological polar surface area (TPSA) is 58.6 Å². The lowest BCUT2D eigenvalue weighted by Crippen LogP contribution is -2.37. The Morgan fingerprint density at radius 3 is 3.08 bits per heavy atom. The summed E-state index contributed by atoms with van der Waals surface area (Å²) in [5, 5.41) is 11.5.